The second-order valence-corrected chi connectivity index (χ2v) is 7.95. The van der Waals surface area contributed by atoms with Crippen molar-refractivity contribution >= 4 is 5.96 Å². The number of pyridine rings is 1. The summed E-state index contributed by atoms with van der Waals surface area (Å²) in [6.45, 7) is 2.51. The van der Waals surface area contributed by atoms with Gasteiger partial charge in [0.25, 0.3) is 0 Å². The Kier molecular flexibility index (Phi) is 4.83. The van der Waals surface area contributed by atoms with Gasteiger partial charge in [0.05, 0.1) is 12.2 Å². The molecule has 1 N–H and O–H groups in total. The summed E-state index contributed by atoms with van der Waals surface area (Å²) >= 11 is 0. The zero-order valence-electron chi connectivity index (χ0n) is 16.4. The van der Waals surface area contributed by atoms with Gasteiger partial charge in [-0.15, -0.1) is 0 Å². The number of halogens is 1. The molecule has 6 nitrogen and oxygen atoms in total. The van der Waals surface area contributed by atoms with E-state index in [4.69, 9.17) is 9.47 Å². The fourth-order valence-corrected chi connectivity index (χ4v) is 4.93. The topological polar surface area (TPSA) is 59.0 Å². The first-order valence-corrected chi connectivity index (χ1v) is 10.2. The van der Waals surface area contributed by atoms with Gasteiger partial charge >= 0.3 is 0 Å². The van der Waals surface area contributed by atoms with Crippen molar-refractivity contribution < 1.29 is 13.9 Å². The van der Waals surface area contributed by atoms with Crippen molar-refractivity contribution in [3.05, 3.63) is 54.0 Å². The molecule has 0 spiro atoms. The quantitative estimate of drug-likeness (QED) is 0.635. The Hall–Kier alpha value is -2.67. The van der Waals surface area contributed by atoms with Gasteiger partial charge in [0.2, 0.25) is 5.88 Å². The summed E-state index contributed by atoms with van der Waals surface area (Å²) in [5.74, 6) is 2.69. The Morgan fingerprint density at radius 2 is 2.03 bits per heavy atom. The highest BCUT2D eigenvalue weighted by Crippen LogP contribution is 2.47. The van der Waals surface area contributed by atoms with Crippen LogP contribution in [0.5, 0.6) is 11.6 Å². The van der Waals surface area contributed by atoms with E-state index in [2.05, 4.69) is 20.2 Å². The molecule has 2 bridgehead atoms. The number of rotatable bonds is 4. The summed E-state index contributed by atoms with van der Waals surface area (Å²) < 4.78 is 25.3. The zero-order valence-corrected chi connectivity index (χ0v) is 16.4. The van der Waals surface area contributed by atoms with Gasteiger partial charge in [0.1, 0.15) is 11.6 Å². The lowest BCUT2D eigenvalue weighted by atomic mass is 9.82. The molecule has 1 aromatic heterocycles. The average molecular weight is 396 g/mol. The van der Waals surface area contributed by atoms with E-state index in [1.807, 2.05) is 19.2 Å². The van der Waals surface area contributed by atoms with Crippen LogP contribution in [-0.2, 0) is 11.3 Å². The summed E-state index contributed by atoms with van der Waals surface area (Å²) in [6.07, 6.45) is 4.92. The molecule has 3 saturated heterocycles. The molecule has 2 aromatic rings. The summed E-state index contributed by atoms with van der Waals surface area (Å²) in [7, 11) is 1.81. The number of fused-ring (bicyclic) bond motifs is 5. The molecule has 152 valence electrons. The first kappa shape index (κ1) is 18.4. The van der Waals surface area contributed by atoms with E-state index in [0.717, 1.165) is 24.6 Å². The van der Waals surface area contributed by atoms with Crippen LogP contribution >= 0.6 is 0 Å². The molecule has 3 aliphatic rings. The van der Waals surface area contributed by atoms with Crippen LogP contribution in [0.15, 0.2) is 47.6 Å². The van der Waals surface area contributed by atoms with Crippen molar-refractivity contribution in [3.8, 4) is 11.6 Å². The lowest BCUT2D eigenvalue weighted by Gasteiger charge is -2.23. The largest absolute Gasteiger partial charge is 0.439 e. The first-order valence-electron chi connectivity index (χ1n) is 10.2. The Morgan fingerprint density at radius 3 is 2.76 bits per heavy atom. The number of benzene rings is 1. The third-order valence-electron chi connectivity index (χ3n) is 6.26. The fourth-order valence-electron chi connectivity index (χ4n) is 4.93. The first-order chi connectivity index (χ1) is 14.2. The van der Waals surface area contributed by atoms with Crippen molar-refractivity contribution in [1.82, 2.24) is 15.2 Å². The molecular formula is C22H25FN4O2. The van der Waals surface area contributed by atoms with E-state index in [-0.39, 0.29) is 5.82 Å². The molecular weight excluding hydrogens is 371 g/mol. The number of nitrogens with zero attached hydrogens (tertiary/aromatic N) is 3. The van der Waals surface area contributed by atoms with Gasteiger partial charge in [-0.25, -0.2) is 9.37 Å². The van der Waals surface area contributed by atoms with Crippen LogP contribution in [0.25, 0.3) is 0 Å². The minimum atomic E-state index is -0.337. The third-order valence-corrected chi connectivity index (χ3v) is 6.26. The minimum absolute atomic E-state index is 0.337. The smallest absolute Gasteiger partial charge is 0.224 e. The Labute approximate surface area is 169 Å². The average Bonchev–Trinajstić information content (AvgIpc) is 3.43. The Bertz CT molecular complexity index is 903. The molecule has 0 saturated carbocycles. The maximum atomic E-state index is 13.5. The van der Waals surface area contributed by atoms with Crippen LogP contribution in [0.4, 0.5) is 4.39 Å². The molecule has 4 heterocycles. The number of aliphatic imine (C=N–C) groups is 1. The van der Waals surface area contributed by atoms with Gasteiger partial charge in [0, 0.05) is 56.3 Å². The van der Waals surface area contributed by atoms with E-state index < -0.39 is 0 Å². The maximum absolute atomic E-state index is 13.5. The number of ether oxygens (including phenoxy) is 2. The van der Waals surface area contributed by atoms with E-state index in [0.29, 0.717) is 42.2 Å². The number of aromatic nitrogens is 1. The lowest BCUT2D eigenvalue weighted by Crippen LogP contribution is -2.41. The molecule has 4 unspecified atom stereocenters. The second kappa shape index (κ2) is 7.63. The van der Waals surface area contributed by atoms with Gasteiger partial charge in [-0.05, 0) is 31.0 Å². The van der Waals surface area contributed by atoms with E-state index in [1.54, 1.807) is 18.3 Å². The van der Waals surface area contributed by atoms with Crippen LogP contribution in [0.3, 0.4) is 0 Å². The SMILES string of the molecule is CN=C(NCc1cccnc1Oc1cccc(F)c1)N1CC2C3CCC(O3)C2C1. The molecule has 3 fully saturated rings. The van der Waals surface area contributed by atoms with Gasteiger partial charge in [0.15, 0.2) is 5.96 Å². The van der Waals surface area contributed by atoms with E-state index in [1.165, 1.54) is 25.0 Å². The summed E-state index contributed by atoms with van der Waals surface area (Å²) in [6, 6.07) is 9.90. The highest BCUT2D eigenvalue weighted by molar-refractivity contribution is 5.80. The number of nitrogens with one attached hydrogen (secondary N) is 1. The molecule has 29 heavy (non-hydrogen) atoms. The van der Waals surface area contributed by atoms with Crippen LogP contribution in [-0.4, -0.2) is 48.2 Å². The molecule has 0 amide bonds. The molecule has 1 aromatic carbocycles. The molecule has 0 aliphatic carbocycles. The maximum Gasteiger partial charge on any atom is 0.224 e. The standard InChI is InChI=1S/C22H25FN4O2/c1-24-22(27-12-17-18(13-27)20-8-7-19(17)29-20)26-11-14-4-3-9-25-21(14)28-16-6-2-5-15(23)10-16/h2-6,9-10,17-20H,7-8,11-13H2,1H3,(H,24,26). The molecule has 3 aliphatic heterocycles. The lowest BCUT2D eigenvalue weighted by molar-refractivity contribution is 0.0767. The third kappa shape index (κ3) is 3.55. The zero-order chi connectivity index (χ0) is 19.8. The molecule has 7 heteroatoms. The minimum Gasteiger partial charge on any atom is -0.439 e. The molecule has 0 radical (unpaired) electrons. The van der Waals surface area contributed by atoms with Crippen molar-refractivity contribution in [2.75, 3.05) is 20.1 Å². The van der Waals surface area contributed by atoms with Crippen LogP contribution in [0, 0.1) is 17.7 Å². The van der Waals surface area contributed by atoms with Gasteiger partial charge in [-0.3, -0.25) is 4.99 Å². The number of hydrogen-bond donors (Lipinski definition) is 1. The summed E-state index contributed by atoms with van der Waals surface area (Å²) in [5.41, 5.74) is 0.890. The second-order valence-electron chi connectivity index (χ2n) is 7.95. The van der Waals surface area contributed by atoms with Crippen LogP contribution < -0.4 is 10.1 Å². The van der Waals surface area contributed by atoms with E-state index in [9.17, 15) is 4.39 Å². The van der Waals surface area contributed by atoms with Gasteiger partial charge in [-0.2, -0.15) is 0 Å². The number of guanidine groups is 1. The molecule has 4 atom stereocenters. The Morgan fingerprint density at radius 1 is 1.24 bits per heavy atom. The van der Waals surface area contributed by atoms with Crippen molar-refractivity contribution in [3.63, 3.8) is 0 Å². The summed E-state index contributed by atoms with van der Waals surface area (Å²) in [4.78, 5) is 11.2. The highest BCUT2D eigenvalue weighted by atomic mass is 19.1. The Balaban J connectivity index is 1.25. The molecule has 5 rings (SSSR count). The van der Waals surface area contributed by atoms with Gasteiger partial charge < -0.3 is 19.7 Å². The predicted octanol–water partition coefficient (Wildman–Crippen LogP) is 3.20. The predicted molar refractivity (Wildman–Crippen MR) is 107 cm³/mol. The summed E-state index contributed by atoms with van der Waals surface area (Å²) in [5, 5.41) is 3.45. The van der Waals surface area contributed by atoms with Crippen molar-refractivity contribution in [1.29, 1.82) is 0 Å². The van der Waals surface area contributed by atoms with Crippen LogP contribution in [0.2, 0.25) is 0 Å². The van der Waals surface area contributed by atoms with Crippen molar-refractivity contribution in [2.24, 2.45) is 16.8 Å². The van der Waals surface area contributed by atoms with Crippen LogP contribution in [0.1, 0.15) is 18.4 Å². The van der Waals surface area contributed by atoms with Crippen molar-refractivity contribution in [2.45, 2.75) is 31.6 Å². The van der Waals surface area contributed by atoms with Gasteiger partial charge in [-0.1, -0.05) is 12.1 Å². The monoisotopic (exact) mass is 396 g/mol. The normalized spacial score (nSPS) is 27.9. The number of likely N-dealkylation sites (tertiary alicyclic amines) is 1. The fraction of sp³-hybridized carbons (Fsp3) is 0.455. The number of hydrogen-bond acceptors (Lipinski definition) is 4. The van der Waals surface area contributed by atoms with E-state index >= 15 is 0 Å². The highest BCUT2D eigenvalue weighted by Gasteiger charge is 2.53.